The Bertz CT molecular complexity index is 63.3. The van der Waals surface area contributed by atoms with E-state index in [9.17, 15) is 0 Å². The van der Waals surface area contributed by atoms with Crippen molar-refractivity contribution < 1.29 is 5.11 Å². The van der Waals surface area contributed by atoms with E-state index in [1.54, 1.807) is 0 Å². The minimum Gasteiger partial charge on any atom is -0.396 e. The molecule has 0 radical (unpaired) electrons. The van der Waals surface area contributed by atoms with Gasteiger partial charge in [0, 0.05) is 6.61 Å². The fraction of sp³-hybridized carbons (Fsp3) is 1.00. The highest BCUT2D eigenvalue weighted by molar-refractivity contribution is 14.3. The molecule has 0 aliphatic carbocycles. The minimum absolute atomic E-state index is 0.300. The molecule has 0 atom stereocenters. The van der Waals surface area contributed by atoms with Crippen molar-refractivity contribution in [2.45, 2.75) is 27.2 Å². The molecule has 10 heavy (non-hydrogen) atoms. The van der Waals surface area contributed by atoms with Gasteiger partial charge >= 0.3 is 12.6 Å². The molecule has 0 aromatic heterocycles. The lowest BCUT2D eigenvalue weighted by molar-refractivity contribution is 0.225. The van der Waals surface area contributed by atoms with Gasteiger partial charge in [-0.2, -0.15) is 0 Å². The van der Waals surface area contributed by atoms with E-state index in [2.05, 4.69) is 58.5 Å². The third-order valence-electron chi connectivity index (χ3n) is 0.862. The molecule has 0 spiro atoms. The summed E-state index contributed by atoms with van der Waals surface area (Å²) in [6.07, 6.45) is 0.896. The highest BCUT2D eigenvalue weighted by Gasteiger charge is 2.06. The number of hydrogen-bond donors (Lipinski definition) is 1. The Morgan fingerprint density at radius 2 is 1.60 bits per heavy atom. The van der Waals surface area contributed by atoms with Gasteiger partial charge < -0.3 is 5.11 Å². The lowest BCUT2D eigenvalue weighted by Crippen LogP contribution is -2.06. The monoisotopic (exact) mass is 380 g/mol. The second-order valence-electron chi connectivity index (χ2n) is 3.14. The zero-order valence-corrected chi connectivity index (χ0v) is 12.6. The number of halogens is 2. The molecular formula is C6H14I2MgO. The van der Waals surface area contributed by atoms with Crippen molar-refractivity contribution in [1.82, 2.24) is 0 Å². The molecule has 1 nitrogen and oxygen atoms in total. The Morgan fingerprint density at radius 1 is 1.30 bits per heavy atom. The van der Waals surface area contributed by atoms with Crippen LogP contribution in [0, 0.1) is 5.41 Å². The predicted molar refractivity (Wildman–Crippen MR) is 65.0 cm³/mol. The van der Waals surface area contributed by atoms with Crippen LogP contribution in [0.1, 0.15) is 27.2 Å². The number of aliphatic hydroxyl groups excluding tert-OH is 1. The summed E-state index contributed by atoms with van der Waals surface area (Å²) in [6, 6.07) is 0. The molecule has 0 saturated heterocycles. The van der Waals surface area contributed by atoms with Gasteiger partial charge in [0.2, 0.25) is 0 Å². The van der Waals surface area contributed by atoms with Crippen LogP contribution in [0.3, 0.4) is 0 Å². The minimum atomic E-state index is 0.300. The van der Waals surface area contributed by atoms with Gasteiger partial charge in [0.05, 0.1) is 0 Å². The maximum Gasteiger partial charge on any atom is 0.552 e. The van der Waals surface area contributed by atoms with Crippen LogP contribution in [0.4, 0.5) is 0 Å². The fourth-order valence-electron chi connectivity index (χ4n) is 0.335. The van der Waals surface area contributed by atoms with Crippen molar-refractivity contribution in [3.05, 3.63) is 0 Å². The van der Waals surface area contributed by atoms with Crippen LogP contribution in [0.25, 0.3) is 0 Å². The quantitative estimate of drug-likeness (QED) is 0.548. The Balaban J connectivity index is 0. The summed E-state index contributed by atoms with van der Waals surface area (Å²) in [5.74, 6) is 0. The molecule has 0 bridgehead atoms. The maximum atomic E-state index is 8.40. The average Bonchev–Trinajstić information content (AvgIpc) is 1.63. The van der Waals surface area contributed by atoms with E-state index in [0.29, 0.717) is 24.6 Å². The fourth-order valence-corrected chi connectivity index (χ4v) is 0.335. The molecule has 0 aliphatic heterocycles. The first-order valence-corrected chi connectivity index (χ1v) is 13.4. The molecule has 4 heteroatoms. The summed E-state index contributed by atoms with van der Waals surface area (Å²) in [5.41, 5.74) is 0.300. The molecular weight excluding hydrogens is 366 g/mol. The molecule has 0 unspecified atom stereocenters. The zero-order chi connectivity index (χ0) is 8.62. The van der Waals surface area contributed by atoms with Crippen molar-refractivity contribution in [2.24, 2.45) is 5.41 Å². The lowest BCUT2D eigenvalue weighted by Gasteiger charge is -2.14. The largest absolute Gasteiger partial charge is 0.552 e. The first kappa shape index (κ1) is 14.7. The van der Waals surface area contributed by atoms with Crippen molar-refractivity contribution in [1.29, 1.82) is 0 Å². The molecule has 0 rings (SSSR count). The molecule has 0 heterocycles. The molecule has 0 aromatic carbocycles. The first-order chi connectivity index (χ1) is 4.47. The van der Waals surface area contributed by atoms with E-state index in [-0.39, 0.29) is 0 Å². The van der Waals surface area contributed by atoms with Crippen LogP contribution < -0.4 is 0 Å². The van der Waals surface area contributed by atoms with Crippen molar-refractivity contribution in [2.75, 3.05) is 6.61 Å². The van der Waals surface area contributed by atoms with Gasteiger partial charge in [-0.1, -0.05) is 20.8 Å². The van der Waals surface area contributed by atoms with Gasteiger partial charge in [-0.15, -0.1) is 0 Å². The van der Waals surface area contributed by atoms with Crippen LogP contribution in [0.2, 0.25) is 0 Å². The van der Waals surface area contributed by atoms with Gasteiger partial charge in [-0.25, -0.2) is 0 Å². The molecule has 60 valence electrons. The van der Waals surface area contributed by atoms with E-state index >= 15 is 0 Å². The number of aliphatic hydroxyl groups is 1. The van der Waals surface area contributed by atoms with Crippen LogP contribution >= 0.6 is 37.7 Å². The molecule has 0 aliphatic rings. The number of rotatable bonds is 1. The second kappa shape index (κ2) is 9.28. The van der Waals surface area contributed by atoms with Gasteiger partial charge in [-0.05, 0) is 11.8 Å². The van der Waals surface area contributed by atoms with Crippen LogP contribution in [-0.2, 0) is 0 Å². The summed E-state index contributed by atoms with van der Waals surface area (Å²) in [6.45, 7) is 6.65. The van der Waals surface area contributed by atoms with E-state index in [0.717, 1.165) is 6.42 Å². The summed E-state index contributed by atoms with van der Waals surface area (Å²) in [5, 5.41) is 8.40. The molecule has 1 N–H and O–H groups in total. The van der Waals surface area contributed by atoms with Crippen molar-refractivity contribution in [3.63, 3.8) is 0 Å². The Labute approximate surface area is 93.2 Å². The molecule has 0 fully saturated rings. The Kier molecular flexibility index (Phi) is 13.6. The van der Waals surface area contributed by atoms with Gasteiger partial charge in [0.25, 0.3) is 0 Å². The smallest absolute Gasteiger partial charge is 0.396 e. The van der Waals surface area contributed by atoms with E-state index in [4.69, 9.17) is 5.11 Å². The van der Waals surface area contributed by atoms with Crippen molar-refractivity contribution >= 4 is 50.3 Å². The SMILES string of the molecule is CC(C)(C)CCO.[I][Mg][I]. The standard InChI is InChI=1S/C6H14O.2HI.Mg/c1-6(2,3)4-5-7;;;/h7H,4-5H2,1-3H3;2*1H;/q;;;+2/p-2. The average molecular weight is 380 g/mol. The Morgan fingerprint density at radius 3 is 1.60 bits per heavy atom. The summed E-state index contributed by atoms with van der Waals surface area (Å²) in [7, 11) is 0. The van der Waals surface area contributed by atoms with Gasteiger partial charge in [0.1, 0.15) is 0 Å². The van der Waals surface area contributed by atoms with Gasteiger partial charge in [0.15, 0.2) is 0 Å². The summed E-state index contributed by atoms with van der Waals surface area (Å²) in [4.78, 5) is 0. The van der Waals surface area contributed by atoms with Crippen LogP contribution in [-0.4, -0.2) is 24.3 Å². The van der Waals surface area contributed by atoms with Crippen LogP contribution in [0.15, 0.2) is 0 Å². The normalized spacial score (nSPS) is 9.40. The highest BCUT2D eigenvalue weighted by atomic mass is 127. The lowest BCUT2D eigenvalue weighted by atomic mass is 9.93. The first-order valence-electron chi connectivity index (χ1n) is 3.20. The van der Waals surface area contributed by atoms with Gasteiger partial charge in [-0.3, -0.25) is 37.7 Å². The molecule has 0 saturated carbocycles. The van der Waals surface area contributed by atoms with E-state index in [1.165, 1.54) is 0 Å². The highest BCUT2D eigenvalue weighted by Crippen LogP contribution is 2.16. The zero-order valence-electron chi connectivity index (χ0n) is 6.82. The van der Waals surface area contributed by atoms with E-state index < -0.39 is 0 Å². The molecule has 0 aromatic rings. The summed E-state index contributed by atoms with van der Waals surface area (Å²) >= 11 is 5.18. The van der Waals surface area contributed by atoms with Crippen molar-refractivity contribution in [3.8, 4) is 0 Å². The maximum absolute atomic E-state index is 8.40. The second-order valence-corrected chi connectivity index (χ2v) is 16.7. The third kappa shape index (κ3) is 22.5. The summed E-state index contributed by atoms with van der Waals surface area (Å²) < 4.78 is 0. The predicted octanol–water partition coefficient (Wildman–Crippen LogP) is 2.81. The topological polar surface area (TPSA) is 20.2 Å². The number of hydrogen-bond acceptors (Lipinski definition) is 1. The van der Waals surface area contributed by atoms with Crippen LogP contribution in [0.5, 0.6) is 0 Å². The Hall–Kier alpha value is 2.19. The molecule has 0 amide bonds. The van der Waals surface area contributed by atoms with E-state index in [1.807, 2.05) is 0 Å². The third-order valence-corrected chi connectivity index (χ3v) is 0.862.